The lowest BCUT2D eigenvalue weighted by Crippen LogP contribution is -2.41. The summed E-state index contributed by atoms with van der Waals surface area (Å²) in [6.45, 7) is 2.46. The molecule has 1 rings (SSSR count). The van der Waals surface area contributed by atoms with E-state index in [-0.39, 0.29) is 36.7 Å². The van der Waals surface area contributed by atoms with Crippen molar-refractivity contribution < 1.29 is 14.4 Å². The summed E-state index contributed by atoms with van der Waals surface area (Å²) in [4.78, 5) is 33.9. The number of nitrogens with one attached hydrogen (secondary N) is 3. The van der Waals surface area contributed by atoms with Crippen LogP contribution in [0.1, 0.15) is 26.2 Å². The summed E-state index contributed by atoms with van der Waals surface area (Å²) in [5.41, 5.74) is 0. The zero-order valence-electron chi connectivity index (χ0n) is 10.0. The van der Waals surface area contributed by atoms with Crippen LogP contribution in [0.15, 0.2) is 0 Å². The van der Waals surface area contributed by atoms with Gasteiger partial charge < -0.3 is 16.0 Å². The van der Waals surface area contributed by atoms with Crippen LogP contribution < -0.4 is 16.0 Å². The molecule has 0 aromatic carbocycles. The Hall–Kier alpha value is -1.59. The number of rotatable bonds is 0. The van der Waals surface area contributed by atoms with Crippen LogP contribution in [0.3, 0.4) is 0 Å². The maximum atomic E-state index is 11.4. The fourth-order valence-corrected chi connectivity index (χ4v) is 1.65. The van der Waals surface area contributed by atoms with Crippen LogP contribution >= 0.6 is 0 Å². The van der Waals surface area contributed by atoms with Crippen molar-refractivity contribution in [3.05, 3.63) is 0 Å². The molecule has 1 aliphatic heterocycles. The molecule has 0 bridgehead atoms. The molecule has 17 heavy (non-hydrogen) atoms. The SMILES string of the molecule is C[C@@H]1CCCNC(=O)CNC(=O)CNC(=O)C1. The monoisotopic (exact) mass is 241 g/mol. The van der Waals surface area contributed by atoms with Crippen molar-refractivity contribution in [1.29, 1.82) is 0 Å². The maximum Gasteiger partial charge on any atom is 0.239 e. The fraction of sp³-hybridized carbons (Fsp3) is 0.727. The molecule has 0 unspecified atom stereocenters. The van der Waals surface area contributed by atoms with Crippen LogP contribution in [-0.2, 0) is 14.4 Å². The third-order valence-electron chi connectivity index (χ3n) is 2.62. The molecule has 3 N–H and O–H groups in total. The number of carbonyl (C=O) groups excluding carboxylic acids is 3. The Morgan fingerprint density at radius 3 is 2.24 bits per heavy atom. The van der Waals surface area contributed by atoms with Crippen molar-refractivity contribution in [2.45, 2.75) is 26.2 Å². The zero-order chi connectivity index (χ0) is 12.7. The van der Waals surface area contributed by atoms with Gasteiger partial charge >= 0.3 is 0 Å². The lowest BCUT2D eigenvalue weighted by Gasteiger charge is -2.10. The Bertz CT molecular complexity index is 304. The highest BCUT2D eigenvalue weighted by Crippen LogP contribution is 2.09. The van der Waals surface area contributed by atoms with Gasteiger partial charge in [-0.25, -0.2) is 0 Å². The highest BCUT2D eigenvalue weighted by molar-refractivity contribution is 5.88. The van der Waals surface area contributed by atoms with E-state index in [0.717, 1.165) is 12.8 Å². The van der Waals surface area contributed by atoms with Crippen molar-refractivity contribution >= 4 is 17.7 Å². The molecule has 1 heterocycles. The molecule has 1 aliphatic rings. The molecule has 0 aromatic rings. The van der Waals surface area contributed by atoms with Gasteiger partial charge in [-0.2, -0.15) is 0 Å². The van der Waals surface area contributed by atoms with Crippen LogP contribution in [0.2, 0.25) is 0 Å². The minimum absolute atomic E-state index is 0.0374. The minimum atomic E-state index is -0.347. The van der Waals surface area contributed by atoms with Gasteiger partial charge in [-0.3, -0.25) is 14.4 Å². The minimum Gasteiger partial charge on any atom is -0.355 e. The molecule has 0 spiro atoms. The van der Waals surface area contributed by atoms with Crippen LogP contribution in [-0.4, -0.2) is 37.4 Å². The second-order valence-electron chi connectivity index (χ2n) is 4.35. The summed E-state index contributed by atoms with van der Waals surface area (Å²) in [6.07, 6.45) is 2.14. The Morgan fingerprint density at radius 1 is 0.941 bits per heavy atom. The Labute approximate surface area is 101 Å². The molecule has 1 fully saturated rings. The number of amides is 3. The van der Waals surface area contributed by atoms with Crippen molar-refractivity contribution in [3.8, 4) is 0 Å². The van der Waals surface area contributed by atoms with Crippen molar-refractivity contribution in [2.75, 3.05) is 19.6 Å². The Morgan fingerprint density at radius 2 is 1.53 bits per heavy atom. The van der Waals surface area contributed by atoms with E-state index in [1.165, 1.54) is 0 Å². The highest BCUT2D eigenvalue weighted by atomic mass is 16.2. The van der Waals surface area contributed by atoms with Gasteiger partial charge in [0.2, 0.25) is 17.7 Å². The predicted molar refractivity (Wildman–Crippen MR) is 62.0 cm³/mol. The number of hydrogen-bond acceptors (Lipinski definition) is 3. The molecule has 1 saturated heterocycles. The normalized spacial score (nSPS) is 24.5. The van der Waals surface area contributed by atoms with Crippen molar-refractivity contribution in [1.82, 2.24) is 16.0 Å². The van der Waals surface area contributed by atoms with E-state index >= 15 is 0 Å². The van der Waals surface area contributed by atoms with E-state index in [1.807, 2.05) is 6.92 Å². The van der Waals surface area contributed by atoms with E-state index in [2.05, 4.69) is 16.0 Å². The number of hydrogen-bond donors (Lipinski definition) is 3. The van der Waals surface area contributed by atoms with Crippen molar-refractivity contribution in [3.63, 3.8) is 0 Å². The lowest BCUT2D eigenvalue weighted by molar-refractivity contribution is -0.127. The average molecular weight is 241 g/mol. The van der Waals surface area contributed by atoms with Gasteiger partial charge in [0.25, 0.3) is 0 Å². The second-order valence-corrected chi connectivity index (χ2v) is 4.35. The van der Waals surface area contributed by atoms with Gasteiger partial charge in [-0.05, 0) is 18.8 Å². The fourth-order valence-electron chi connectivity index (χ4n) is 1.65. The topological polar surface area (TPSA) is 87.3 Å². The first kappa shape index (κ1) is 13.5. The van der Waals surface area contributed by atoms with Gasteiger partial charge in [0.15, 0.2) is 0 Å². The first-order valence-corrected chi connectivity index (χ1v) is 5.88. The molecule has 6 nitrogen and oxygen atoms in total. The molecule has 1 atom stereocenters. The Balaban J connectivity index is 2.48. The standard InChI is InChI=1S/C11H19N3O3/c1-8-3-2-4-12-10(16)6-14-11(17)7-13-9(15)5-8/h8H,2-7H2,1H3,(H,12,16)(H,13,15)(H,14,17)/t8-/m1/s1. The summed E-state index contributed by atoms with van der Waals surface area (Å²) < 4.78 is 0. The van der Waals surface area contributed by atoms with E-state index in [9.17, 15) is 14.4 Å². The molecule has 0 saturated carbocycles. The smallest absolute Gasteiger partial charge is 0.239 e. The molecule has 0 aliphatic carbocycles. The van der Waals surface area contributed by atoms with Gasteiger partial charge in [-0.1, -0.05) is 6.92 Å². The molecule has 0 radical (unpaired) electrons. The summed E-state index contributed by atoms with van der Waals surface area (Å²) in [6, 6.07) is 0. The third kappa shape index (κ3) is 5.89. The quantitative estimate of drug-likeness (QED) is 0.516. The average Bonchev–Trinajstić information content (AvgIpc) is 2.29. The molecular weight excluding hydrogens is 222 g/mol. The first-order chi connectivity index (χ1) is 8.08. The molecule has 0 aromatic heterocycles. The van der Waals surface area contributed by atoms with E-state index in [1.54, 1.807) is 0 Å². The van der Waals surface area contributed by atoms with Gasteiger partial charge in [0.05, 0.1) is 13.1 Å². The lowest BCUT2D eigenvalue weighted by atomic mass is 10.0. The van der Waals surface area contributed by atoms with E-state index in [4.69, 9.17) is 0 Å². The van der Waals surface area contributed by atoms with Gasteiger partial charge in [-0.15, -0.1) is 0 Å². The van der Waals surface area contributed by atoms with E-state index in [0.29, 0.717) is 13.0 Å². The maximum absolute atomic E-state index is 11.4. The summed E-state index contributed by atoms with van der Waals surface area (Å²) in [5, 5.41) is 7.68. The second kappa shape index (κ2) is 6.88. The largest absolute Gasteiger partial charge is 0.355 e. The first-order valence-electron chi connectivity index (χ1n) is 5.88. The van der Waals surface area contributed by atoms with Crippen LogP contribution in [0.4, 0.5) is 0 Å². The van der Waals surface area contributed by atoms with Crippen LogP contribution in [0.5, 0.6) is 0 Å². The molecule has 96 valence electrons. The molecule has 6 heteroatoms. The van der Waals surface area contributed by atoms with E-state index < -0.39 is 0 Å². The molecule has 3 amide bonds. The Kier molecular flexibility index (Phi) is 5.45. The zero-order valence-corrected chi connectivity index (χ0v) is 10.0. The highest BCUT2D eigenvalue weighted by Gasteiger charge is 2.12. The van der Waals surface area contributed by atoms with Gasteiger partial charge in [0, 0.05) is 13.0 Å². The summed E-state index contributed by atoms with van der Waals surface area (Å²) in [5.74, 6) is -0.404. The third-order valence-corrected chi connectivity index (χ3v) is 2.62. The summed E-state index contributed by atoms with van der Waals surface area (Å²) >= 11 is 0. The van der Waals surface area contributed by atoms with Crippen molar-refractivity contribution in [2.24, 2.45) is 5.92 Å². The molecular formula is C11H19N3O3. The van der Waals surface area contributed by atoms with Gasteiger partial charge in [0.1, 0.15) is 0 Å². The van der Waals surface area contributed by atoms with Crippen LogP contribution in [0, 0.1) is 5.92 Å². The number of carbonyl (C=O) groups is 3. The van der Waals surface area contributed by atoms with Crippen LogP contribution in [0.25, 0.3) is 0 Å². The predicted octanol–water partition coefficient (Wildman–Crippen LogP) is -0.845. The summed E-state index contributed by atoms with van der Waals surface area (Å²) in [7, 11) is 0.